The lowest BCUT2D eigenvalue weighted by atomic mass is 9.96. The summed E-state index contributed by atoms with van der Waals surface area (Å²) in [6.45, 7) is 1.27. The van der Waals surface area contributed by atoms with Crippen LogP contribution in [0.1, 0.15) is 18.1 Å². The molecule has 2 unspecified atom stereocenters. The monoisotopic (exact) mass is 481 g/mol. The molecule has 0 aromatic heterocycles. The van der Waals surface area contributed by atoms with Crippen LogP contribution in [-0.4, -0.2) is 61.2 Å². The molecular weight excluding hydrogens is 454 g/mol. The quantitative estimate of drug-likeness (QED) is 0.427. The fourth-order valence-electron chi connectivity index (χ4n) is 3.53. The Bertz CT molecular complexity index is 987. The Morgan fingerprint density at radius 3 is 2.12 bits per heavy atom. The Kier molecular flexibility index (Phi) is 8.92. The van der Waals surface area contributed by atoms with Gasteiger partial charge in [-0.25, -0.2) is 4.18 Å². The van der Waals surface area contributed by atoms with E-state index < -0.39 is 46.9 Å². The van der Waals surface area contributed by atoms with E-state index in [-0.39, 0.29) is 19.8 Å². The normalized spacial score (nSPS) is 25.5. The molecule has 33 heavy (non-hydrogen) atoms. The van der Waals surface area contributed by atoms with Crippen molar-refractivity contribution < 1.29 is 41.3 Å². The zero-order valence-electron chi connectivity index (χ0n) is 17.9. The average Bonchev–Trinajstić information content (AvgIpc) is 2.76. The first kappa shape index (κ1) is 25.2. The molecule has 0 bridgehead atoms. The number of carbonyl (C=O) groups is 1. The fraction of sp³-hybridized carbons (Fsp3) is 0.409. The number of nitrogens with one attached hydrogen (secondary N) is 1. The van der Waals surface area contributed by atoms with Gasteiger partial charge in [-0.1, -0.05) is 60.7 Å². The molecule has 2 aromatic rings. The minimum absolute atomic E-state index is 0.0250. The van der Waals surface area contributed by atoms with E-state index in [0.29, 0.717) is 0 Å². The van der Waals surface area contributed by atoms with Crippen LogP contribution >= 0.6 is 0 Å². The van der Waals surface area contributed by atoms with Crippen LogP contribution in [0.25, 0.3) is 0 Å². The van der Waals surface area contributed by atoms with Crippen molar-refractivity contribution in [3.63, 3.8) is 0 Å². The summed E-state index contributed by atoms with van der Waals surface area (Å²) in [5.41, 5.74) is 1.64. The first-order valence-electron chi connectivity index (χ1n) is 10.3. The van der Waals surface area contributed by atoms with Crippen molar-refractivity contribution in [2.45, 2.75) is 50.8 Å². The Labute approximate surface area is 192 Å². The van der Waals surface area contributed by atoms with E-state index in [9.17, 15) is 22.9 Å². The lowest BCUT2D eigenvalue weighted by Gasteiger charge is -2.43. The number of rotatable bonds is 10. The predicted octanol–water partition coefficient (Wildman–Crippen LogP) is 1.20. The van der Waals surface area contributed by atoms with Crippen LogP contribution in [0.5, 0.6) is 0 Å². The van der Waals surface area contributed by atoms with Gasteiger partial charge < -0.3 is 24.6 Å². The SMILES string of the molecule is CC(=O)NC1[C@H](O)OC(COCc2ccccc2)[C@H](OS(=O)(=O)O)[C@H]1OCc1ccccc1. The molecule has 0 aliphatic carbocycles. The Balaban J connectivity index is 1.81. The van der Waals surface area contributed by atoms with Gasteiger partial charge in [-0.2, -0.15) is 8.42 Å². The molecule has 1 amide bonds. The summed E-state index contributed by atoms with van der Waals surface area (Å²) in [7, 11) is -4.93. The van der Waals surface area contributed by atoms with E-state index in [4.69, 9.17) is 18.4 Å². The van der Waals surface area contributed by atoms with Crippen molar-refractivity contribution in [2.24, 2.45) is 0 Å². The molecule has 180 valence electrons. The first-order valence-corrected chi connectivity index (χ1v) is 11.6. The summed E-state index contributed by atoms with van der Waals surface area (Å²) in [5, 5.41) is 13.0. The largest absolute Gasteiger partial charge is 0.397 e. The maximum Gasteiger partial charge on any atom is 0.397 e. The number of ether oxygens (including phenoxy) is 3. The van der Waals surface area contributed by atoms with Crippen LogP contribution in [0.3, 0.4) is 0 Å². The van der Waals surface area contributed by atoms with Crippen LogP contribution < -0.4 is 5.32 Å². The summed E-state index contributed by atoms with van der Waals surface area (Å²) in [5.74, 6) is -0.500. The molecule has 2 aromatic carbocycles. The number of carbonyl (C=O) groups excluding carboxylic acids is 1. The molecule has 1 saturated heterocycles. The zero-order chi connectivity index (χ0) is 23.8. The van der Waals surface area contributed by atoms with Crippen molar-refractivity contribution in [2.75, 3.05) is 6.61 Å². The summed E-state index contributed by atoms with van der Waals surface area (Å²) < 4.78 is 54.5. The number of aliphatic hydroxyl groups is 1. The molecule has 0 spiro atoms. The van der Waals surface area contributed by atoms with Crippen molar-refractivity contribution >= 4 is 16.3 Å². The molecule has 3 N–H and O–H groups in total. The van der Waals surface area contributed by atoms with Gasteiger partial charge in [0.25, 0.3) is 0 Å². The molecule has 10 nitrogen and oxygen atoms in total. The van der Waals surface area contributed by atoms with E-state index >= 15 is 0 Å². The zero-order valence-corrected chi connectivity index (χ0v) is 18.8. The lowest BCUT2D eigenvalue weighted by molar-refractivity contribution is -0.261. The highest BCUT2D eigenvalue weighted by Crippen LogP contribution is 2.27. The Morgan fingerprint density at radius 2 is 1.58 bits per heavy atom. The van der Waals surface area contributed by atoms with E-state index in [1.54, 1.807) is 24.3 Å². The highest BCUT2D eigenvalue weighted by atomic mass is 32.3. The number of hydrogen-bond acceptors (Lipinski definition) is 8. The molecule has 1 fully saturated rings. The van der Waals surface area contributed by atoms with Gasteiger partial charge in [0.2, 0.25) is 5.91 Å². The molecule has 11 heteroatoms. The van der Waals surface area contributed by atoms with Gasteiger partial charge in [-0.15, -0.1) is 0 Å². The standard InChI is InChI=1S/C22H27NO9S/c1-15(24)23-19-21(30-13-17-10-6-3-7-11-17)20(32-33(26,27)28)18(31-22(19)25)14-29-12-16-8-4-2-5-9-16/h2-11,18-22,25H,12-14H2,1H3,(H,23,24)(H,26,27,28)/t18?,19?,20-,21-,22+/m0/s1. The smallest absolute Gasteiger partial charge is 0.374 e. The average molecular weight is 482 g/mol. The van der Waals surface area contributed by atoms with Gasteiger partial charge in [0.1, 0.15) is 24.4 Å². The third-order valence-corrected chi connectivity index (χ3v) is 5.41. The van der Waals surface area contributed by atoms with Gasteiger partial charge >= 0.3 is 10.4 Å². The molecule has 0 radical (unpaired) electrons. The fourth-order valence-corrected chi connectivity index (χ4v) is 4.05. The van der Waals surface area contributed by atoms with Crippen LogP contribution in [0.2, 0.25) is 0 Å². The third-order valence-electron chi connectivity index (χ3n) is 4.95. The second kappa shape index (κ2) is 11.7. The van der Waals surface area contributed by atoms with E-state index in [1.807, 2.05) is 36.4 Å². The highest BCUT2D eigenvalue weighted by molar-refractivity contribution is 7.80. The number of amides is 1. The third kappa shape index (κ3) is 7.86. The molecule has 3 rings (SSSR count). The highest BCUT2D eigenvalue weighted by Gasteiger charge is 2.49. The van der Waals surface area contributed by atoms with Crippen molar-refractivity contribution in [1.82, 2.24) is 5.32 Å². The van der Waals surface area contributed by atoms with Gasteiger partial charge in [0.05, 0.1) is 19.8 Å². The molecular formula is C22H27NO9S. The molecule has 0 saturated carbocycles. The summed E-state index contributed by atoms with van der Waals surface area (Å²) in [4.78, 5) is 11.7. The number of benzene rings is 2. The molecule has 1 aliphatic heterocycles. The Morgan fingerprint density at radius 1 is 1.00 bits per heavy atom. The van der Waals surface area contributed by atoms with Crippen LogP contribution in [0.4, 0.5) is 0 Å². The van der Waals surface area contributed by atoms with Crippen molar-refractivity contribution in [3.05, 3.63) is 71.8 Å². The minimum atomic E-state index is -4.93. The van der Waals surface area contributed by atoms with Crippen LogP contribution in [0, 0.1) is 0 Å². The van der Waals surface area contributed by atoms with Crippen molar-refractivity contribution in [1.29, 1.82) is 0 Å². The second-order valence-corrected chi connectivity index (χ2v) is 8.59. The summed E-state index contributed by atoms with van der Waals surface area (Å²) in [6.07, 6.45) is -5.28. The molecule has 5 atom stereocenters. The number of hydrogen-bond donors (Lipinski definition) is 3. The lowest BCUT2D eigenvalue weighted by Crippen LogP contribution is -2.65. The van der Waals surface area contributed by atoms with Gasteiger partial charge in [-0.3, -0.25) is 9.35 Å². The van der Waals surface area contributed by atoms with Crippen molar-refractivity contribution in [3.8, 4) is 0 Å². The minimum Gasteiger partial charge on any atom is -0.374 e. The second-order valence-electron chi connectivity index (χ2n) is 7.54. The molecule has 1 heterocycles. The van der Waals surface area contributed by atoms with Crippen LogP contribution in [0.15, 0.2) is 60.7 Å². The first-order chi connectivity index (χ1) is 15.7. The maximum absolute atomic E-state index is 11.7. The predicted molar refractivity (Wildman–Crippen MR) is 116 cm³/mol. The van der Waals surface area contributed by atoms with Gasteiger partial charge in [0.15, 0.2) is 6.29 Å². The summed E-state index contributed by atoms with van der Waals surface area (Å²) >= 11 is 0. The van der Waals surface area contributed by atoms with E-state index in [2.05, 4.69) is 5.32 Å². The van der Waals surface area contributed by atoms with Gasteiger partial charge in [0, 0.05) is 6.92 Å². The maximum atomic E-state index is 11.7. The van der Waals surface area contributed by atoms with Crippen LogP contribution in [-0.2, 0) is 46.8 Å². The van der Waals surface area contributed by atoms with E-state index in [1.165, 1.54) is 6.92 Å². The Hall–Kier alpha value is -2.38. The summed E-state index contributed by atoms with van der Waals surface area (Å²) in [6, 6.07) is 17.1. The number of aliphatic hydroxyl groups excluding tert-OH is 1. The van der Waals surface area contributed by atoms with Gasteiger partial charge in [-0.05, 0) is 11.1 Å². The molecule has 1 aliphatic rings. The van der Waals surface area contributed by atoms with E-state index in [0.717, 1.165) is 11.1 Å². The topological polar surface area (TPSA) is 141 Å².